The summed E-state index contributed by atoms with van der Waals surface area (Å²) in [5.41, 5.74) is 8.38. The van der Waals surface area contributed by atoms with E-state index >= 15 is 19.2 Å². The zero-order valence-electron chi connectivity index (χ0n) is 65.1. The number of phenols is 2. The first-order chi connectivity index (χ1) is 54.3. The van der Waals surface area contributed by atoms with Gasteiger partial charge in [-0.25, -0.2) is 4.98 Å². The van der Waals surface area contributed by atoms with Crippen LogP contribution in [0.1, 0.15) is 153 Å². The van der Waals surface area contributed by atoms with E-state index in [0.717, 1.165) is 17.5 Å². The standard InChI is InChI=1S/C80H109N15O17S2/c1-7-15-55-70(103)86-56-21-12-23-62(100)82-33-14-22-57(72(105)93-64(44(2)96)76(109)89-60(74(107)85-55)39-51-40-84-69-54(51)20-13-34-83-69)87-73(106)58(37-46-24-28-52(98)29-25-46)90-79(112)67(80(4,5)6)92-63(101)32-35-113-41-48-16-11-17-49(36-48)42-114-43-61(68(81)102)91-77(110)65(45(3)97)94-78(111)66(50-18-9-8-10-19-50)95-75(108)59(88-71(56)104)38-47-26-30-53(99)31-27-47/h11,13,16-17,20,24-31,34,36,40,44-45,50,55-61,64-67,96-99H,7-10,12,14-15,18-19,21-23,32-33,35,37-39,41-43H2,1-6H3,(H2,81,102)(H,82,100)(H,83,84)(H,85,107)(H,86,103)(H,87,106)(H,88,104)(H,89,109)(H,90,112)(H,91,110)(H,92,101)(H,93,105)(H,94,111)(H,95,108)/t44-,45-,55+,56+,57+,58+,59+,60+,61+,64-,65+,66+,67?/m1/s1. The van der Waals surface area contributed by atoms with Gasteiger partial charge in [0.05, 0.1) is 12.2 Å². The van der Waals surface area contributed by atoms with Gasteiger partial charge in [0.25, 0.3) is 0 Å². The minimum atomic E-state index is -1.86. The molecule has 5 aromatic rings. The van der Waals surface area contributed by atoms with Gasteiger partial charge in [-0.05, 0) is 134 Å². The number of fused-ring (bicyclic) bond motifs is 12. The summed E-state index contributed by atoms with van der Waals surface area (Å²) in [6.45, 7) is 9.19. The molecule has 1 saturated heterocycles. The van der Waals surface area contributed by atoms with Crippen LogP contribution in [0.5, 0.6) is 11.5 Å². The highest BCUT2D eigenvalue weighted by Gasteiger charge is 2.41. The first-order valence-corrected chi connectivity index (χ1v) is 41.1. The highest BCUT2D eigenvalue weighted by Crippen LogP contribution is 2.29. The molecule has 8 rings (SSSR count). The molecule has 2 aromatic heterocycles. The number of benzene rings is 3. The number of nitrogens with one attached hydrogen (secondary N) is 13. The number of aromatic hydroxyl groups is 2. The van der Waals surface area contributed by atoms with Crippen molar-refractivity contribution in [2.45, 2.75) is 234 Å². The number of pyridine rings is 1. The number of thioether (sulfide) groups is 2. The SMILES string of the molecule is CCC[C@@H]1NC(=O)[C@H](Cc2c[nH]c3ncccc23)NC(=O)[C@@H]([C@@H](C)O)NC(=O)[C@@H]2CCCNC(=O)CCC[C@H](NC1=O)C(=O)N[C@@H](Cc1ccc(O)cc1)C(=O)N[C@@H](C1CCCCC1)C(=O)N[C@@H]([C@@H](C)O)C(=O)N[C@H](C(N)=O)CSCc1cccc(c1)CSCCC(=O)NC(C(C)(C)C)C(=O)N[C@@H](Cc1ccc(O)cc1)C(=O)N2. The number of nitrogens with two attached hydrogens (primary N) is 1. The van der Waals surface area contributed by atoms with Gasteiger partial charge in [-0.15, -0.1) is 0 Å². The molecular weight excluding hydrogens is 1510 g/mol. The Hall–Kier alpha value is -10.3. The van der Waals surface area contributed by atoms with Crippen molar-refractivity contribution in [1.29, 1.82) is 0 Å². The molecule has 3 aromatic carbocycles. The fourth-order valence-electron chi connectivity index (χ4n) is 13.8. The summed E-state index contributed by atoms with van der Waals surface area (Å²) in [6, 6.07) is 5.66. The molecule has 3 aliphatic rings. The fraction of sp³-hybridized carbons (Fsp3) is 0.525. The average Bonchev–Trinajstić information content (AvgIpc) is 1.20. The second-order valence-corrected chi connectivity index (χ2v) is 32.6. The number of hydrogen-bond donors (Lipinski definition) is 18. The summed E-state index contributed by atoms with van der Waals surface area (Å²) in [4.78, 5) is 198. The molecule has 19 N–H and O–H groups in total. The number of amides is 13. The Morgan fingerprint density at radius 2 is 1.06 bits per heavy atom. The van der Waals surface area contributed by atoms with Gasteiger partial charge in [0.2, 0.25) is 76.8 Å². The van der Waals surface area contributed by atoms with Crippen molar-refractivity contribution in [3.05, 3.63) is 125 Å². The number of aromatic amines is 1. The lowest BCUT2D eigenvalue weighted by atomic mass is 9.83. The number of rotatable bonds is 12. The van der Waals surface area contributed by atoms with Gasteiger partial charge in [0.15, 0.2) is 0 Å². The Morgan fingerprint density at radius 3 is 1.66 bits per heavy atom. The molecule has 1 aliphatic carbocycles. The largest absolute Gasteiger partial charge is 0.508 e. The topological polar surface area (TPSA) is 502 Å². The normalized spacial score (nSPS) is 25.4. The van der Waals surface area contributed by atoms with Crippen LogP contribution in [0.2, 0.25) is 0 Å². The Morgan fingerprint density at radius 1 is 0.535 bits per heavy atom. The maximum absolute atomic E-state index is 15.3. The first kappa shape index (κ1) is 89.2. The number of aliphatic hydroxyl groups excluding tert-OH is 2. The van der Waals surface area contributed by atoms with E-state index in [2.05, 4.69) is 73.8 Å². The molecule has 0 spiro atoms. The molecule has 1 unspecified atom stereocenters. The van der Waals surface area contributed by atoms with Crippen LogP contribution in [0.4, 0.5) is 0 Å². The molecule has 4 bridgehead atoms. The van der Waals surface area contributed by atoms with Crippen LogP contribution in [-0.2, 0) is 93.1 Å². The number of primary amides is 1. The third kappa shape index (κ3) is 27.2. The second kappa shape index (κ2) is 43.2. The molecule has 1 saturated carbocycles. The Labute approximate surface area is 670 Å². The van der Waals surface area contributed by atoms with Crippen LogP contribution in [0.15, 0.2) is 97.3 Å². The third-order valence-corrected chi connectivity index (χ3v) is 22.3. The minimum Gasteiger partial charge on any atom is -0.508 e. The van der Waals surface area contributed by atoms with E-state index in [0.29, 0.717) is 70.7 Å². The van der Waals surface area contributed by atoms with E-state index in [1.807, 2.05) is 24.3 Å². The second-order valence-electron chi connectivity index (χ2n) is 30.5. The zero-order chi connectivity index (χ0) is 82.8. The fourth-order valence-corrected chi connectivity index (χ4v) is 15.7. The molecule has 13 atom stereocenters. The summed E-state index contributed by atoms with van der Waals surface area (Å²) in [6.07, 6.45) is 1.23. The van der Waals surface area contributed by atoms with E-state index in [1.165, 1.54) is 92.1 Å². The average molecular weight is 1620 g/mol. The van der Waals surface area contributed by atoms with Gasteiger partial charge in [-0.2, -0.15) is 23.5 Å². The Kier molecular flexibility index (Phi) is 33.8. The number of carbonyl (C=O) groups excluding carboxylic acids is 13. The van der Waals surface area contributed by atoms with Gasteiger partial charge in [0, 0.05) is 79.4 Å². The number of aromatic nitrogens is 2. The van der Waals surface area contributed by atoms with Crippen molar-refractivity contribution in [3.63, 3.8) is 0 Å². The summed E-state index contributed by atoms with van der Waals surface area (Å²) in [7, 11) is 0. The van der Waals surface area contributed by atoms with Crippen molar-refractivity contribution in [3.8, 4) is 11.5 Å². The first-order valence-electron chi connectivity index (χ1n) is 38.8. The Balaban J connectivity index is 1.19. The minimum absolute atomic E-state index is 0.0297. The van der Waals surface area contributed by atoms with Crippen molar-refractivity contribution in [2.75, 3.05) is 18.1 Å². The van der Waals surface area contributed by atoms with Gasteiger partial charge in [-0.3, -0.25) is 62.3 Å². The summed E-state index contributed by atoms with van der Waals surface area (Å²) in [5.74, 6) is -11.0. The van der Waals surface area contributed by atoms with E-state index < -0.39 is 167 Å². The van der Waals surface area contributed by atoms with E-state index in [-0.39, 0.29) is 94.4 Å². The van der Waals surface area contributed by atoms with Crippen molar-refractivity contribution in [2.24, 2.45) is 17.1 Å². The van der Waals surface area contributed by atoms with Gasteiger partial charge >= 0.3 is 0 Å². The predicted octanol–water partition coefficient (Wildman–Crippen LogP) is 1.66. The van der Waals surface area contributed by atoms with E-state index in [9.17, 15) is 63.6 Å². The molecule has 2 fully saturated rings. The number of phenolic OH excluding ortho intramolecular Hbond substituents is 2. The lowest BCUT2D eigenvalue weighted by molar-refractivity contribution is -0.137. The summed E-state index contributed by atoms with van der Waals surface area (Å²) >= 11 is 2.72. The highest BCUT2D eigenvalue weighted by molar-refractivity contribution is 7.98. The van der Waals surface area contributed by atoms with Gasteiger partial charge in [0.1, 0.15) is 83.6 Å². The monoisotopic (exact) mass is 1620 g/mol. The van der Waals surface area contributed by atoms with Crippen molar-refractivity contribution < 1.29 is 82.8 Å². The van der Waals surface area contributed by atoms with Crippen LogP contribution in [0.3, 0.4) is 0 Å². The number of aliphatic hydroxyl groups is 2. The molecule has 0 radical (unpaired) electrons. The maximum atomic E-state index is 15.3. The third-order valence-electron chi connectivity index (χ3n) is 20.2. The predicted molar refractivity (Wildman–Crippen MR) is 428 cm³/mol. The number of hydrogen-bond acceptors (Lipinski definition) is 20. The lowest BCUT2D eigenvalue weighted by Crippen LogP contribution is -2.63. The molecule has 4 heterocycles. The molecule has 618 valence electrons. The zero-order valence-corrected chi connectivity index (χ0v) is 66.7. The lowest BCUT2D eigenvalue weighted by Gasteiger charge is -2.33. The summed E-state index contributed by atoms with van der Waals surface area (Å²) in [5, 5.41) is 76.4. The van der Waals surface area contributed by atoms with Crippen LogP contribution >= 0.6 is 23.5 Å². The van der Waals surface area contributed by atoms with Crippen LogP contribution in [0, 0.1) is 11.3 Å². The van der Waals surface area contributed by atoms with Crippen molar-refractivity contribution >= 4 is 111 Å². The van der Waals surface area contributed by atoms with Crippen molar-refractivity contribution in [1.82, 2.24) is 73.8 Å². The van der Waals surface area contributed by atoms with Crippen LogP contribution in [0.25, 0.3) is 11.0 Å². The van der Waals surface area contributed by atoms with E-state index in [1.54, 1.807) is 46.0 Å². The summed E-state index contributed by atoms with van der Waals surface area (Å²) < 4.78 is 0. The number of H-pyrrole nitrogens is 1. The molecule has 32 nitrogen and oxygen atoms in total. The Bertz CT molecular complexity index is 4170. The molecule has 2 aliphatic heterocycles. The molecular formula is C80H109N15O17S2. The smallest absolute Gasteiger partial charge is 0.245 e. The maximum Gasteiger partial charge on any atom is 0.245 e. The van der Waals surface area contributed by atoms with Crippen LogP contribution in [-0.4, -0.2) is 204 Å². The van der Waals surface area contributed by atoms with Gasteiger partial charge in [-0.1, -0.05) is 102 Å². The molecule has 114 heavy (non-hydrogen) atoms. The van der Waals surface area contributed by atoms with E-state index in [4.69, 9.17) is 5.73 Å². The van der Waals surface area contributed by atoms with Gasteiger partial charge < -0.3 is 94.9 Å². The molecule has 34 heteroatoms. The quantitative estimate of drug-likeness (QED) is 0.0844. The number of carbonyl (C=O) groups is 13. The number of nitrogens with zero attached hydrogens (tertiary/aromatic N) is 1. The molecule has 13 amide bonds. The van der Waals surface area contributed by atoms with Crippen LogP contribution < -0.4 is 69.5 Å². The highest BCUT2D eigenvalue weighted by atomic mass is 32.2.